The van der Waals surface area contributed by atoms with Crippen LogP contribution in [0.4, 0.5) is 0 Å². The number of carboxylic acids is 1. The summed E-state index contributed by atoms with van der Waals surface area (Å²) < 4.78 is 0. The molecule has 0 aliphatic rings. The lowest BCUT2D eigenvalue weighted by Gasteiger charge is -2.21. The first kappa shape index (κ1) is 12.0. The summed E-state index contributed by atoms with van der Waals surface area (Å²) >= 11 is 0. The second-order valence-electron chi connectivity index (χ2n) is 2.39. The lowest BCUT2D eigenvalue weighted by atomic mass is 10.1. The molecule has 0 unspecified atom stereocenters. The summed E-state index contributed by atoms with van der Waals surface area (Å²) in [6.45, 7) is 0. The maximum absolute atomic E-state index is 10.1. The van der Waals surface area contributed by atoms with E-state index in [0.29, 0.717) is 0 Å². The van der Waals surface area contributed by atoms with Gasteiger partial charge in [-0.3, -0.25) is 0 Å². The first-order valence-electron chi connectivity index (χ1n) is 3.32. The number of carbonyl (C=O) groups excluding carboxylic acids is 1. The molecule has 7 heteroatoms. The van der Waals surface area contributed by atoms with Gasteiger partial charge in [0, 0.05) is 0 Å². The van der Waals surface area contributed by atoms with E-state index < -0.39 is 30.4 Å². The van der Waals surface area contributed by atoms with Crippen molar-refractivity contribution in [3.63, 3.8) is 0 Å². The van der Waals surface area contributed by atoms with Gasteiger partial charge in [0.15, 0.2) is 12.4 Å². The summed E-state index contributed by atoms with van der Waals surface area (Å²) in [4.78, 5) is 20.0. The first-order valence-corrected chi connectivity index (χ1v) is 3.32. The predicted molar refractivity (Wildman–Crippen MR) is 37.7 cm³/mol. The van der Waals surface area contributed by atoms with E-state index in [9.17, 15) is 9.59 Å². The Balaban J connectivity index is 4.32. The van der Waals surface area contributed by atoms with E-state index in [0.717, 1.165) is 0 Å². The van der Waals surface area contributed by atoms with Crippen LogP contribution in [0.3, 0.4) is 0 Å². The van der Waals surface area contributed by atoms with E-state index in [1.807, 2.05) is 0 Å². The second-order valence-corrected chi connectivity index (χ2v) is 2.39. The Morgan fingerprint density at radius 3 is 1.85 bits per heavy atom. The van der Waals surface area contributed by atoms with Crippen molar-refractivity contribution < 1.29 is 35.1 Å². The van der Waals surface area contributed by atoms with Gasteiger partial charge in [-0.25, -0.2) is 4.79 Å². The van der Waals surface area contributed by atoms with Crippen LogP contribution in [0.5, 0.6) is 0 Å². The molecule has 13 heavy (non-hydrogen) atoms. The van der Waals surface area contributed by atoms with Crippen molar-refractivity contribution in [2.75, 3.05) is 0 Å². The number of hydrogen-bond acceptors (Lipinski definition) is 6. The van der Waals surface area contributed by atoms with Crippen LogP contribution in [0, 0.1) is 0 Å². The van der Waals surface area contributed by atoms with Crippen molar-refractivity contribution in [1.29, 1.82) is 0 Å². The normalized spacial score (nSPS) is 20.0. The van der Waals surface area contributed by atoms with Crippen LogP contribution >= 0.6 is 0 Å². The zero-order valence-electron chi connectivity index (χ0n) is 6.44. The number of carbonyl (C=O) groups is 2. The average molecular weight is 196 g/mol. The molecule has 0 amide bonds. The molecule has 0 fully saturated rings. The minimum absolute atomic E-state index is 0.0809. The highest BCUT2D eigenvalue weighted by Gasteiger charge is 2.33. The summed E-state index contributed by atoms with van der Waals surface area (Å²) in [6, 6.07) is 0. The van der Waals surface area contributed by atoms with Crippen LogP contribution in [0.2, 0.25) is 0 Å². The third-order valence-electron chi connectivity index (χ3n) is 1.42. The molecule has 7 nitrogen and oxygen atoms in total. The molecule has 0 aliphatic heterocycles. The van der Waals surface area contributed by atoms with E-state index in [-0.39, 0.29) is 6.29 Å². The van der Waals surface area contributed by atoms with Crippen molar-refractivity contribution in [2.45, 2.75) is 24.4 Å². The second kappa shape index (κ2) is 4.87. The number of hydrogen-bond donors (Lipinski definition) is 5. The highest BCUT2D eigenvalue weighted by atomic mass is 16.4. The lowest BCUT2D eigenvalue weighted by molar-refractivity contribution is -0.163. The van der Waals surface area contributed by atoms with Gasteiger partial charge in [0.2, 0.25) is 0 Å². The van der Waals surface area contributed by atoms with Gasteiger partial charge in [-0.15, -0.1) is 0 Å². The van der Waals surface area contributed by atoms with E-state index >= 15 is 0 Å². The molecule has 0 saturated carbocycles. The monoisotopic (exact) mass is 196 g/mol. The predicted octanol–water partition coefficient (Wildman–Crippen LogP) is -3.29. The van der Waals surface area contributed by atoms with Crippen molar-refractivity contribution in [1.82, 2.24) is 0 Å². The molecule has 5 N–H and O–H groups in total. The van der Waals surface area contributed by atoms with E-state index in [4.69, 9.17) is 25.5 Å². The Kier molecular flexibility index (Phi) is 4.49. The maximum Gasteiger partial charge on any atom is 0.335 e. The SMILES string of the molecule is O=[14CH][C@H](O)[C@@H](O)[C@H](O)[C@H](O)C(=O)O. The van der Waals surface area contributed by atoms with Crippen LogP contribution in [0.25, 0.3) is 0 Å². The van der Waals surface area contributed by atoms with Crippen LogP contribution in [0.1, 0.15) is 0 Å². The number of aliphatic carboxylic acids is 1. The number of aliphatic hydroxyl groups excluding tert-OH is 4. The molecular weight excluding hydrogens is 186 g/mol. The molecular formula is C6H10O7. The molecule has 4 atom stereocenters. The van der Waals surface area contributed by atoms with Gasteiger partial charge >= 0.3 is 5.97 Å². The van der Waals surface area contributed by atoms with Gasteiger partial charge in [0.25, 0.3) is 0 Å². The largest absolute Gasteiger partial charge is 0.479 e. The summed E-state index contributed by atoms with van der Waals surface area (Å²) in [7, 11) is 0. The molecule has 0 aromatic carbocycles. The first-order chi connectivity index (χ1) is 5.91. The Morgan fingerprint density at radius 2 is 1.54 bits per heavy atom. The molecule has 0 saturated heterocycles. The molecule has 0 aliphatic carbocycles. The minimum Gasteiger partial charge on any atom is -0.479 e. The fraction of sp³-hybridized carbons (Fsp3) is 0.667. The maximum atomic E-state index is 10.1. The van der Waals surface area contributed by atoms with E-state index in [1.165, 1.54) is 0 Å². The van der Waals surface area contributed by atoms with Gasteiger partial charge in [0.1, 0.15) is 18.3 Å². The van der Waals surface area contributed by atoms with Crippen LogP contribution < -0.4 is 0 Å². The fourth-order valence-corrected chi connectivity index (χ4v) is 0.615. The standard InChI is InChI=1S/C6H10O7/c7-1-2(8)3(9)4(10)5(11)6(12)13/h1-5,8-11H,(H,12,13)/t2-,3+,4-,5-/m0/s1/i1+2. The Hall–Kier alpha value is -1.02. The van der Waals surface area contributed by atoms with Gasteiger partial charge in [-0.2, -0.15) is 0 Å². The van der Waals surface area contributed by atoms with Gasteiger partial charge in [-0.05, 0) is 0 Å². The molecule has 76 valence electrons. The van der Waals surface area contributed by atoms with Gasteiger partial charge in [-0.1, -0.05) is 0 Å². The average Bonchev–Trinajstić information content (AvgIpc) is 2.12. The van der Waals surface area contributed by atoms with Crippen LogP contribution in [-0.4, -0.2) is 62.2 Å². The summed E-state index contributed by atoms with van der Waals surface area (Å²) in [5.74, 6) is -1.76. The third kappa shape index (κ3) is 3.07. The number of aldehydes is 1. The summed E-state index contributed by atoms with van der Waals surface area (Å²) in [5.41, 5.74) is 0. The van der Waals surface area contributed by atoms with Crippen LogP contribution in [-0.2, 0) is 9.59 Å². The van der Waals surface area contributed by atoms with E-state index in [2.05, 4.69) is 0 Å². The molecule has 0 aromatic heterocycles. The molecule has 0 aromatic rings. The smallest absolute Gasteiger partial charge is 0.335 e. The topological polar surface area (TPSA) is 135 Å². The van der Waals surface area contributed by atoms with Crippen molar-refractivity contribution in [3.05, 3.63) is 0 Å². The molecule has 0 heterocycles. The van der Waals surface area contributed by atoms with Gasteiger partial charge in [0.05, 0.1) is 0 Å². The Morgan fingerprint density at radius 1 is 1.08 bits per heavy atom. The molecule has 0 spiro atoms. The van der Waals surface area contributed by atoms with Crippen molar-refractivity contribution in [2.24, 2.45) is 0 Å². The molecule has 0 radical (unpaired) electrons. The summed E-state index contributed by atoms with van der Waals surface area (Å²) in [5, 5.41) is 43.2. The third-order valence-corrected chi connectivity index (χ3v) is 1.42. The minimum atomic E-state index is -2.25. The summed E-state index contributed by atoms with van der Waals surface area (Å²) in [6.07, 6.45) is -8.39. The zero-order chi connectivity index (χ0) is 10.6. The van der Waals surface area contributed by atoms with Crippen LogP contribution in [0.15, 0.2) is 0 Å². The molecule has 0 rings (SSSR count). The Bertz CT molecular complexity index is 191. The zero-order valence-corrected chi connectivity index (χ0v) is 6.44. The highest BCUT2D eigenvalue weighted by molar-refractivity contribution is 5.73. The number of carboxylic acid groups (broad SMARTS) is 1. The van der Waals surface area contributed by atoms with Crippen molar-refractivity contribution >= 4 is 12.3 Å². The fourth-order valence-electron chi connectivity index (χ4n) is 0.615. The van der Waals surface area contributed by atoms with Gasteiger partial charge < -0.3 is 30.3 Å². The number of aliphatic hydroxyl groups is 4. The lowest BCUT2D eigenvalue weighted by Crippen LogP contribution is -2.48. The highest BCUT2D eigenvalue weighted by Crippen LogP contribution is 2.03. The van der Waals surface area contributed by atoms with Crippen molar-refractivity contribution in [3.8, 4) is 0 Å². The molecule has 0 bridgehead atoms. The quantitative estimate of drug-likeness (QED) is 0.291. The Labute approximate surface area is 72.9 Å². The van der Waals surface area contributed by atoms with E-state index in [1.54, 1.807) is 0 Å². The number of rotatable bonds is 5.